The van der Waals surface area contributed by atoms with Crippen molar-refractivity contribution in [1.29, 1.82) is 0 Å². The number of hydrogen-bond acceptors (Lipinski definition) is 1. The average Bonchev–Trinajstić information content (AvgIpc) is 2.30. The molecule has 0 amide bonds. The quantitative estimate of drug-likeness (QED) is 0.502. The van der Waals surface area contributed by atoms with Crippen LogP contribution in [0.15, 0.2) is 0 Å². The first-order valence-corrected chi connectivity index (χ1v) is 4.57. The summed E-state index contributed by atoms with van der Waals surface area (Å²) in [7, 11) is 0. The summed E-state index contributed by atoms with van der Waals surface area (Å²) in [6, 6.07) is 0. The number of hydrogen-bond donors (Lipinski definition) is 0. The van der Waals surface area contributed by atoms with E-state index in [1.165, 1.54) is 38.5 Å². The molecule has 1 nitrogen and oxygen atoms in total. The third-order valence-electron chi connectivity index (χ3n) is 2.85. The molecule has 1 heteroatoms. The molecule has 2 unspecified atom stereocenters. The minimum atomic E-state index is 0.644. The van der Waals surface area contributed by atoms with Crippen molar-refractivity contribution in [1.82, 2.24) is 0 Å². The van der Waals surface area contributed by atoms with Gasteiger partial charge in [-0.2, -0.15) is 0 Å². The molecule has 0 N–H and O–H groups in total. The van der Waals surface area contributed by atoms with Crippen LogP contribution in [0.1, 0.15) is 38.5 Å². The molecular weight excluding hydrogens is 124 g/mol. The van der Waals surface area contributed by atoms with E-state index in [1.54, 1.807) is 0 Å². The lowest BCUT2D eigenvalue weighted by Crippen LogP contribution is -2.12. The lowest BCUT2D eigenvalue weighted by molar-refractivity contribution is 0.0459. The largest absolute Gasteiger partial charge is 0.378 e. The number of ether oxygens (including phenoxy) is 1. The van der Waals surface area contributed by atoms with Crippen LogP contribution in [0.3, 0.4) is 0 Å². The van der Waals surface area contributed by atoms with E-state index in [4.69, 9.17) is 4.74 Å². The standard InChI is InChI=1S/C9H16O/c1-2-6-10-9-5-4-8(3-1)7-9/h8-9H,1-7H2. The minimum Gasteiger partial charge on any atom is -0.378 e. The molecular formula is C9H16O. The van der Waals surface area contributed by atoms with Gasteiger partial charge >= 0.3 is 0 Å². The second kappa shape index (κ2) is 2.91. The van der Waals surface area contributed by atoms with Crippen molar-refractivity contribution in [2.24, 2.45) is 5.92 Å². The normalized spacial score (nSPS) is 40.8. The fourth-order valence-electron chi connectivity index (χ4n) is 2.23. The molecule has 58 valence electrons. The molecule has 0 aromatic carbocycles. The van der Waals surface area contributed by atoms with E-state index < -0.39 is 0 Å². The molecule has 2 atom stereocenters. The van der Waals surface area contributed by atoms with Gasteiger partial charge in [0.25, 0.3) is 0 Å². The Hall–Kier alpha value is -0.0400. The maximum atomic E-state index is 5.67. The summed E-state index contributed by atoms with van der Waals surface area (Å²) in [5, 5.41) is 0. The second-order valence-corrected chi connectivity index (χ2v) is 3.67. The molecule has 1 aliphatic carbocycles. The first-order valence-electron chi connectivity index (χ1n) is 4.57. The van der Waals surface area contributed by atoms with Crippen LogP contribution in [0.25, 0.3) is 0 Å². The summed E-state index contributed by atoms with van der Waals surface area (Å²) in [5.74, 6) is 1.02. The molecule has 0 spiro atoms. The first kappa shape index (κ1) is 6.66. The zero-order chi connectivity index (χ0) is 6.81. The molecule has 0 aromatic heterocycles. The maximum absolute atomic E-state index is 5.67. The Balaban J connectivity index is 1.91. The molecule has 1 saturated heterocycles. The van der Waals surface area contributed by atoms with E-state index >= 15 is 0 Å². The first-order chi connectivity index (χ1) is 4.95. The summed E-state index contributed by atoms with van der Waals surface area (Å²) in [5.41, 5.74) is 0. The molecule has 1 aliphatic heterocycles. The van der Waals surface area contributed by atoms with Crippen LogP contribution in [-0.4, -0.2) is 12.7 Å². The summed E-state index contributed by atoms with van der Waals surface area (Å²) in [6.45, 7) is 1.03. The topological polar surface area (TPSA) is 9.23 Å². The van der Waals surface area contributed by atoms with Gasteiger partial charge in [0.1, 0.15) is 0 Å². The van der Waals surface area contributed by atoms with E-state index in [9.17, 15) is 0 Å². The highest BCUT2D eigenvalue weighted by Gasteiger charge is 2.25. The van der Waals surface area contributed by atoms with Gasteiger partial charge in [0.2, 0.25) is 0 Å². The van der Waals surface area contributed by atoms with Crippen molar-refractivity contribution >= 4 is 0 Å². The van der Waals surface area contributed by atoms with Crippen LogP contribution in [0, 0.1) is 5.92 Å². The van der Waals surface area contributed by atoms with Gasteiger partial charge in [0, 0.05) is 6.61 Å². The maximum Gasteiger partial charge on any atom is 0.0577 e. The summed E-state index contributed by atoms with van der Waals surface area (Å²) >= 11 is 0. The Morgan fingerprint density at radius 1 is 1.00 bits per heavy atom. The van der Waals surface area contributed by atoms with Crippen LogP contribution >= 0.6 is 0 Å². The number of fused-ring (bicyclic) bond motifs is 2. The van der Waals surface area contributed by atoms with Crippen molar-refractivity contribution < 1.29 is 4.74 Å². The van der Waals surface area contributed by atoms with Crippen molar-refractivity contribution in [3.05, 3.63) is 0 Å². The third kappa shape index (κ3) is 1.34. The highest BCUT2D eigenvalue weighted by Crippen LogP contribution is 2.33. The van der Waals surface area contributed by atoms with Crippen molar-refractivity contribution in [2.45, 2.75) is 44.6 Å². The Bertz CT molecular complexity index is 99.3. The van der Waals surface area contributed by atoms with Crippen molar-refractivity contribution in [3.8, 4) is 0 Å². The van der Waals surface area contributed by atoms with Gasteiger partial charge < -0.3 is 4.74 Å². The Labute approximate surface area is 62.8 Å². The summed E-state index contributed by atoms with van der Waals surface area (Å²) < 4.78 is 5.67. The highest BCUT2D eigenvalue weighted by molar-refractivity contribution is 4.77. The molecule has 2 aliphatic rings. The minimum absolute atomic E-state index is 0.644. The molecule has 0 aromatic rings. The van der Waals surface area contributed by atoms with Crippen molar-refractivity contribution in [3.63, 3.8) is 0 Å². The van der Waals surface area contributed by atoms with Crippen LogP contribution in [-0.2, 0) is 4.74 Å². The fraction of sp³-hybridized carbons (Fsp3) is 1.00. The molecule has 1 saturated carbocycles. The van der Waals surface area contributed by atoms with Crippen LogP contribution < -0.4 is 0 Å². The van der Waals surface area contributed by atoms with Gasteiger partial charge in [0.15, 0.2) is 0 Å². The summed E-state index contributed by atoms with van der Waals surface area (Å²) in [6.07, 6.45) is 8.95. The van der Waals surface area contributed by atoms with Gasteiger partial charge in [-0.05, 0) is 31.6 Å². The van der Waals surface area contributed by atoms with Crippen LogP contribution in [0.4, 0.5) is 0 Å². The van der Waals surface area contributed by atoms with Gasteiger partial charge in [-0.3, -0.25) is 0 Å². The van der Waals surface area contributed by atoms with Gasteiger partial charge in [-0.25, -0.2) is 0 Å². The molecule has 2 fully saturated rings. The second-order valence-electron chi connectivity index (χ2n) is 3.67. The Kier molecular flexibility index (Phi) is 1.94. The van der Waals surface area contributed by atoms with E-state index in [1.807, 2.05) is 0 Å². The molecule has 1 heterocycles. The third-order valence-corrected chi connectivity index (χ3v) is 2.85. The van der Waals surface area contributed by atoms with E-state index in [-0.39, 0.29) is 0 Å². The molecule has 2 bridgehead atoms. The molecule has 2 rings (SSSR count). The fourth-order valence-corrected chi connectivity index (χ4v) is 2.23. The number of rotatable bonds is 0. The average molecular weight is 140 g/mol. The lowest BCUT2D eigenvalue weighted by atomic mass is 10.00. The van der Waals surface area contributed by atoms with E-state index in [2.05, 4.69) is 0 Å². The smallest absolute Gasteiger partial charge is 0.0577 e. The highest BCUT2D eigenvalue weighted by atomic mass is 16.5. The van der Waals surface area contributed by atoms with E-state index in [0.717, 1.165) is 12.5 Å². The van der Waals surface area contributed by atoms with Gasteiger partial charge in [-0.1, -0.05) is 12.8 Å². The zero-order valence-electron chi connectivity index (χ0n) is 6.51. The predicted molar refractivity (Wildman–Crippen MR) is 40.9 cm³/mol. The van der Waals surface area contributed by atoms with Crippen molar-refractivity contribution in [2.75, 3.05) is 6.61 Å². The van der Waals surface area contributed by atoms with Gasteiger partial charge in [0.05, 0.1) is 6.10 Å². The van der Waals surface area contributed by atoms with E-state index in [0.29, 0.717) is 6.10 Å². The van der Waals surface area contributed by atoms with Crippen LogP contribution in [0.2, 0.25) is 0 Å². The zero-order valence-corrected chi connectivity index (χ0v) is 6.51. The molecule has 10 heavy (non-hydrogen) atoms. The molecule has 0 radical (unpaired) electrons. The van der Waals surface area contributed by atoms with Gasteiger partial charge in [-0.15, -0.1) is 0 Å². The monoisotopic (exact) mass is 140 g/mol. The van der Waals surface area contributed by atoms with Crippen LogP contribution in [0.5, 0.6) is 0 Å². The Morgan fingerprint density at radius 2 is 2.00 bits per heavy atom. The predicted octanol–water partition coefficient (Wildman–Crippen LogP) is 2.36. The Morgan fingerprint density at radius 3 is 3.00 bits per heavy atom. The summed E-state index contributed by atoms with van der Waals surface area (Å²) in [4.78, 5) is 0. The SMILES string of the molecule is C1CCC2CCC(C2)OC1. The lowest BCUT2D eigenvalue weighted by Gasteiger charge is -2.16.